The summed E-state index contributed by atoms with van der Waals surface area (Å²) in [5.41, 5.74) is -0.406. The van der Waals surface area contributed by atoms with Crippen molar-refractivity contribution in [1.29, 1.82) is 0 Å². The summed E-state index contributed by atoms with van der Waals surface area (Å²) in [4.78, 5) is 3.88. The van der Waals surface area contributed by atoms with E-state index in [4.69, 9.17) is 0 Å². The molecular formula is C11H16FNO. The van der Waals surface area contributed by atoms with Crippen molar-refractivity contribution < 1.29 is 9.50 Å². The van der Waals surface area contributed by atoms with Gasteiger partial charge in [0, 0.05) is 0 Å². The normalized spacial score (nSPS) is 15.1. The molecule has 2 nitrogen and oxygen atoms in total. The van der Waals surface area contributed by atoms with Crippen molar-refractivity contribution >= 4 is 0 Å². The zero-order valence-corrected chi connectivity index (χ0v) is 8.63. The van der Waals surface area contributed by atoms with Crippen LogP contribution in [0.3, 0.4) is 0 Å². The molecule has 0 saturated heterocycles. The van der Waals surface area contributed by atoms with E-state index in [-0.39, 0.29) is 5.82 Å². The molecule has 0 bridgehead atoms. The van der Waals surface area contributed by atoms with Gasteiger partial charge in [-0.05, 0) is 25.5 Å². The fourth-order valence-corrected chi connectivity index (χ4v) is 1.34. The van der Waals surface area contributed by atoms with Crippen LogP contribution in [0.2, 0.25) is 0 Å². The third-order valence-electron chi connectivity index (χ3n) is 2.30. The molecule has 0 amide bonds. The van der Waals surface area contributed by atoms with Crippen molar-refractivity contribution in [3.8, 4) is 0 Å². The molecule has 0 aliphatic heterocycles. The molecule has 3 heteroatoms. The number of rotatable bonds is 4. The van der Waals surface area contributed by atoms with Crippen molar-refractivity contribution in [3.05, 3.63) is 29.8 Å². The highest BCUT2D eigenvalue weighted by Gasteiger charge is 2.23. The fourth-order valence-electron chi connectivity index (χ4n) is 1.34. The highest BCUT2D eigenvalue weighted by molar-refractivity contribution is 5.12. The van der Waals surface area contributed by atoms with Crippen LogP contribution in [-0.4, -0.2) is 10.1 Å². The summed E-state index contributed by atoms with van der Waals surface area (Å²) in [7, 11) is 0. The first-order valence-electron chi connectivity index (χ1n) is 4.90. The Morgan fingerprint density at radius 3 is 2.71 bits per heavy atom. The van der Waals surface area contributed by atoms with E-state index in [1.54, 1.807) is 6.92 Å². The monoisotopic (exact) mass is 197 g/mol. The number of unbranched alkanes of at least 4 members (excludes halogenated alkanes) is 1. The van der Waals surface area contributed by atoms with Crippen molar-refractivity contribution in [2.75, 3.05) is 0 Å². The molecule has 1 aromatic heterocycles. The zero-order chi connectivity index (χ0) is 10.6. The van der Waals surface area contributed by atoms with Crippen LogP contribution in [0.4, 0.5) is 4.39 Å². The summed E-state index contributed by atoms with van der Waals surface area (Å²) in [5.74, 6) is -0.375. The first-order valence-corrected chi connectivity index (χ1v) is 4.90. The van der Waals surface area contributed by atoms with Gasteiger partial charge in [-0.2, -0.15) is 0 Å². The van der Waals surface area contributed by atoms with Gasteiger partial charge in [0.1, 0.15) is 11.4 Å². The van der Waals surface area contributed by atoms with Gasteiger partial charge in [-0.1, -0.05) is 19.8 Å². The van der Waals surface area contributed by atoms with E-state index in [0.717, 1.165) is 19.0 Å². The largest absolute Gasteiger partial charge is 0.384 e. The van der Waals surface area contributed by atoms with Crippen LogP contribution in [0.5, 0.6) is 0 Å². The number of halogens is 1. The van der Waals surface area contributed by atoms with Crippen LogP contribution < -0.4 is 0 Å². The molecule has 78 valence electrons. The predicted molar refractivity (Wildman–Crippen MR) is 53.3 cm³/mol. The van der Waals surface area contributed by atoms with Crippen LogP contribution in [0.15, 0.2) is 18.3 Å². The topological polar surface area (TPSA) is 33.1 Å². The minimum Gasteiger partial charge on any atom is -0.384 e. The molecule has 0 aliphatic rings. The van der Waals surface area contributed by atoms with Crippen LogP contribution in [-0.2, 0) is 5.60 Å². The maximum Gasteiger partial charge on any atom is 0.141 e. The fraction of sp³-hybridized carbons (Fsp3) is 0.545. The van der Waals surface area contributed by atoms with Gasteiger partial charge in [0.2, 0.25) is 0 Å². The highest BCUT2D eigenvalue weighted by atomic mass is 19.1. The van der Waals surface area contributed by atoms with E-state index in [1.807, 2.05) is 0 Å². The van der Waals surface area contributed by atoms with Gasteiger partial charge in [0.05, 0.1) is 11.9 Å². The number of aliphatic hydroxyl groups is 1. The Morgan fingerprint density at radius 1 is 1.50 bits per heavy atom. The van der Waals surface area contributed by atoms with Crippen LogP contribution in [0.1, 0.15) is 38.8 Å². The van der Waals surface area contributed by atoms with E-state index in [0.29, 0.717) is 12.1 Å². The molecule has 0 fully saturated rings. The molecule has 1 rings (SSSR count). The summed E-state index contributed by atoms with van der Waals surface area (Å²) in [6.45, 7) is 3.77. The summed E-state index contributed by atoms with van der Waals surface area (Å²) in [5, 5.41) is 10.0. The quantitative estimate of drug-likeness (QED) is 0.804. The lowest BCUT2D eigenvalue weighted by atomic mass is 9.95. The van der Waals surface area contributed by atoms with Crippen molar-refractivity contribution in [2.45, 2.75) is 38.7 Å². The Morgan fingerprint density at radius 2 is 2.21 bits per heavy atom. The molecule has 1 aromatic rings. The molecule has 0 spiro atoms. The SMILES string of the molecule is CCCCC(C)(O)c1ccc(F)cn1. The van der Waals surface area contributed by atoms with Crippen LogP contribution in [0, 0.1) is 5.82 Å². The van der Waals surface area contributed by atoms with E-state index in [2.05, 4.69) is 11.9 Å². The highest BCUT2D eigenvalue weighted by Crippen LogP contribution is 2.24. The molecule has 1 unspecified atom stereocenters. The molecule has 0 aliphatic carbocycles. The number of hydrogen-bond acceptors (Lipinski definition) is 2. The van der Waals surface area contributed by atoms with E-state index in [1.165, 1.54) is 12.1 Å². The van der Waals surface area contributed by atoms with Crippen LogP contribution >= 0.6 is 0 Å². The Kier molecular flexibility index (Phi) is 3.58. The molecule has 1 N–H and O–H groups in total. The predicted octanol–water partition coefficient (Wildman–Crippen LogP) is 2.62. The van der Waals surface area contributed by atoms with Crippen molar-refractivity contribution in [2.24, 2.45) is 0 Å². The number of nitrogens with zero attached hydrogens (tertiary/aromatic N) is 1. The lowest BCUT2D eigenvalue weighted by molar-refractivity contribution is 0.0408. The van der Waals surface area contributed by atoms with Gasteiger partial charge in [-0.15, -0.1) is 0 Å². The average molecular weight is 197 g/mol. The third kappa shape index (κ3) is 2.77. The van der Waals surface area contributed by atoms with Gasteiger partial charge in [0.25, 0.3) is 0 Å². The molecule has 14 heavy (non-hydrogen) atoms. The van der Waals surface area contributed by atoms with Gasteiger partial charge in [-0.3, -0.25) is 4.98 Å². The minimum atomic E-state index is -0.941. The summed E-state index contributed by atoms with van der Waals surface area (Å²) in [6.07, 6.45) is 3.75. The molecule has 1 heterocycles. The van der Waals surface area contributed by atoms with E-state index < -0.39 is 5.60 Å². The second kappa shape index (κ2) is 4.51. The minimum absolute atomic E-state index is 0.375. The third-order valence-corrected chi connectivity index (χ3v) is 2.30. The first kappa shape index (κ1) is 11.1. The summed E-state index contributed by atoms with van der Waals surface area (Å²) >= 11 is 0. The number of pyridine rings is 1. The van der Waals surface area contributed by atoms with Gasteiger partial charge in [0.15, 0.2) is 0 Å². The molecule has 0 radical (unpaired) electrons. The van der Waals surface area contributed by atoms with Gasteiger partial charge in [-0.25, -0.2) is 4.39 Å². The maximum atomic E-state index is 12.6. The average Bonchev–Trinajstić information content (AvgIpc) is 2.16. The summed E-state index contributed by atoms with van der Waals surface area (Å²) in [6, 6.07) is 2.85. The molecule has 1 atom stereocenters. The van der Waals surface area contributed by atoms with E-state index in [9.17, 15) is 9.50 Å². The van der Waals surface area contributed by atoms with Crippen LogP contribution in [0.25, 0.3) is 0 Å². The molecular weight excluding hydrogens is 181 g/mol. The molecule has 0 saturated carbocycles. The lowest BCUT2D eigenvalue weighted by Gasteiger charge is -2.22. The lowest BCUT2D eigenvalue weighted by Crippen LogP contribution is -2.22. The zero-order valence-electron chi connectivity index (χ0n) is 8.63. The molecule has 0 aromatic carbocycles. The van der Waals surface area contributed by atoms with E-state index >= 15 is 0 Å². The van der Waals surface area contributed by atoms with Crippen molar-refractivity contribution in [1.82, 2.24) is 4.98 Å². The summed E-state index contributed by atoms with van der Waals surface area (Å²) < 4.78 is 12.6. The smallest absolute Gasteiger partial charge is 0.141 e. The second-order valence-corrected chi connectivity index (χ2v) is 3.74. The second-order valence-electron chi connectivity index (χ2n) is 3.74. The Balaban J connectivity index is 2.75. The maximum absolute atomic E-state index is 12.6. The number of aromatic nitrogens is 1. The first-order chi connectivity index (χ1) is 6.56. The number of hydrogen-bond donors (Lipinski definition) is 1. The Labute approximate surface area is 83.8 Å². The van der Waals surface area contributed by atoms with Crippen molar-refractivity contribution in [3.63, 3.8) is 0 Å². The van der Waals surface area contributed by atoms with Gasteiger partial charge < -0.3 is 5.11 Å². The van der Waals surface area contributed by atoms with Gasteiger partial charge >= 0.3 is 0 Å². The Hall–Kier alpha value is -0.960. The standard InChI is InChI=1S/C11H16FNO/c1-3-4-7-11(2,14)10-6-5-9(12)8-13-10/h5-6,8,14H,3-4,7H2,1-2H3. The Bertz CT molecular complexity index is 282.